The molecule has 0 bridgehead atoms. The van der Waals surface area contributed by atoms with Crippen LogP contribution in [-0.4, -0.2) is 9.97 Å². The minimum atomic E-state index is 0.758. The Hall–Kier alpha value is -3.66. The topological polar surface area (TPSA) is 44.2 Å². The van der Waals surface area contributed by atoms with Gasteiger partial charge in [-0.15, -0.1) is 0 Å². The molecule has 0 radical (unpaired) electrons. The van der Waals surface area contributed by atoms with Gasteiger partial charge >= 0.3 is 0 Å². The second kappa shape index (κ2) is 9.59. The third-order valence-electron chi connectivity index (χ3n) is 3.23. The van der Waals surface area contributed by atoms with Gasteiger partial charge in [-0.25, -0.2) is 0 Å². The molecule has 0 fully saturated rings. The summed E-state index contributed by atoms with van der Waals surface area (Å²) in [7, 11) is 0. The van der Waals surface area contributed by atoms with Crippen LogP contribution in [0.2, 0.25) is 0 Å². The van der Waals surface area contributed by atoms with Gasteiger partial charge in [-0.2, -0.15) is 0 Å². The number of rotatable bonds is 4. The lowest BCUT2D eigenvalue weighted by atomic mass is 10.3. The fourth-order valence-corrected chi connectivity index (χ4v) is 2.06. The van der Waals surface area contributed by atoms with Gasteiger partial charge in [-0.05, 0) is 48.5 Å². The maximum atomic E-state index is 5.52. The molecule has 4 aromatic rings. The Morgan fingerprint density at radius 3 is 1.15 bits per heavy atom. The number of hydrogen-bond donors (Lipinski definition) is 0. The minimum Gasteiger partial charge on any atom is -0.456 e. The van der Waals surface area contributed by atoms with Gasteiger partial charge in [-0.3, -0.25) is 9.97 Å². The van der Waals surface area contributed by atoms with Crippen LogP contribution in [-0.2, 0) is 0 Å². The van der Waals surface area contributed by atoms with E-state index in [1.165, 1.54) is 0 Å². The number of aromatic nitrogens is 2. The molecular formula is C22H18N2O2. The molecule has 0 aliphatic heterocycles. The highest BCUT2D eigenvalue weighted by Gasteiger charge is 1.94. The molecule has 4 heteroatoms. The maximum absolute atomic E-state index is 5.52. The fraction of sp³-hybridized carbons (Fsp3) is 0. The average Bonchev–Trinajstić information content (AvgIpc) is 2.72. The van der Waals surface area contributed by atoms with E-state index in [-0.39, 0.29) is 0 Å². The van der Waals surface area contributed by atoms with Crippen LogP contribution in [0, 0.1) is 0 Å². The second-order valence-corrected chi connectivity index (χ2v) is 5.21. The highest BCUT2D eigenvalue weighted by atomic mass is 16.5. The normalized spacial score (nSPS) is 9.54. The molecule has 0 N–H and O–H groups in total. The standard InChI is InChI=1S/2C11H9NO/c2*1-2-5-10(6-3-1)13-11-7-4-8-12-9-11/h2*1-9H. The molecule has 0 amide bonds. The van der Waals surface area contributed by atoms with E-state index in [1.807, 2.05) is 84.9 Å². The van der Waals surface area contributed by atoms with Gasteiger partial charge in [0.1, 0.15) is 23.0 Å². The predicted octanol–water partition coefficient (Wildman–Crippen LogP) is 5.75. The Balaban J connectivity index is 0.000000151. The average molecular weight is 342 g/mol. The molecule has 4 nitrogen and oxygen atoms in total. The Kier molecular flexibility index (Phi) is 6.33. The van der Waals surface area contributed by atoms with Crippen LogP contribution in [0.5, 0.6) is 23.0 Å². The highest BCUT2D eigenvalue weighted by Crippen LogP contribution is 2.19. The number of benzene rings is 2. The quantitative estimate of drug-likeness (QED) is 0.474. The first-order chi connectivity index (χ1) is 12.9. The summed E-state index contributed by atoms with van der Waals surface area (Å²) in [6.07, 6.45) is 6.82. The second-order valence-electron chi connectivity index (χ2n) is 5.21. The van der Waals surface area contributed by atoms with E-state index in [0.29, 0.717) is 0 Å². The number of para-hydroxylation sites is 2. The van der Waals surface area contributed by atoms with E-state index < -0.39 is 0 Å². The van der Waals surface area contributed by atoms with Crippen molar-refractivity contribution in [3.8, 4) is 23.0 Å². The van der Waals surface area contributed by atoms with Crippen molar-refractivity contribution in [3.05, 3.63) is 110 Å². The van der Waals surface area contributed by atoms with Gasteiger partial charge in [0.05, 0.1) is 12.4 Å². The maximum Gasteiger partial charge on any atom is 0.145 e. The van der Waals surface area contributed by atoms with Crippen molar-refractivity contribution >= 4 is 0 Å². The Labute approximate surface area is 152 Å². The van der Waals surface area contributed by atoms with E-state index in [4.69, 9.17) is 9.47 Å². The zero-order chi connectivity index (χ0) is 17.9. The van der Waals surface area contributed by atoms with E-state index in [0.717, 1.165) is 23.0 Å². The number of hydrogen-bond acceptors (Lipinski definition) is 4. The molecule has 2 aromatic heterocycles. The van der Waals surface area contributed by atoms with Gasteiger partial charge < -0.3 is 9.47 Å². The van der Waals surface area contributed by atoms with Crippen LogP contribution < -0.4 is 9.47 Å². The minimum absolute atomic E-state index is 0.758. The smallest absolute Gasteiger partial charge is 0.145 e. The lowest BCUT2D eigenvalue weighted by Crippen LogP contribution is -1.83. The van der Waals surface area contributed by atoms with E-state index in [2.05, 4.69) is 9.97 Å². The molecule has 2 aromatic carbocycles. The van der Waals surface area contributed by atoms with E-state index >= 15 is 0 Å². The van der Waals surface area contributed by atoms with E-state index in [1.54, 1.807) is 24.8 Å². The fourth-order valence-electron chi connectivity index (χ4n) is 2.06. The summed E-state index contributed by atoms with van der Waals surface area (Å²) < 4.78 is 11.0. The summed E-state index contributed by atoms with van der Waals surface area (Å²) in [5.74, 6) is 3.17. The summed E-state index contributed by atoms with van der Waals surface area (Å²) in [4.78, 5) is 7.91. The number of ether oxygens (including phenoxy) is 2. The Bertz CT molecular complexity index is 719. The van der Waals surface area contributed by atoms with Gasteiger partial charge in [-0.1, -0.05) is 36.4 Å². The molecule has 0 spiro atoms. The molecule has 4 rings (SSSR count). The van der Waals surface area contributed by atoms with Crippen molar-refractivity contribution in [1.29, 1.82) is 0 Å². The third-order valence-corrected chi connectivity index (χ3v) is 3.23. The molecule has 0 saturated carbocycles. The molecule has 2 heterocycles. The summed E-state index contributed by atoms with van der Waals surface area (Å²) in [6.45, 7) is 0. The zero-order valence-corrected chi connectivity index (χ0v) is 14.1. The first-order valence-corrected chi connectivity index (χ1v) is 8.16. The SMILES string of the molecule is c1ccc(Oc2cccnc2)cc1.c1ccc(Oc2cccnc2)cc1. The molecular weight excluding hydrogens is 324 g/mol. The lowest BCUT2D eigenvalue weighted by molar-refractivity contribution is 0.480. The predicted molar refractivity (Wildman–Crippen MR) is 102 cm³/mol. The van der Waals surface area contributed by atoms with Gasteiger partial charge in [0.25, 0.3) is 0 Å². The summed E-state index contributed by atoms with van der Waals surface area (Å²) in [6, 6.07) is 26.7. The van der Waals surface area contributed by atoms with Crippen LogP contribution in [0.4, 0.5) is 0 Å². The van der Waals surface area contributed by atoms with Gasteiger partial charge in [0.15, 0.2) is 0 Å². The molecule has 0 saturated heterocycles. The summed E-state index contributed by atoms with van der Waals surface area (Å²) in [5, 5.41) is 0. The lowest BCUT2D eigenvalue weighted by Gasteiger charge is -2.03. The van der Waals surface area contributed by atoms with Crippen LogP contribution in [0.1, 0.15) is 0 Å². The van der Waals surface area contributed by atoms with E-state index in [9.17, 15) is 0 Å². The zero-order valence-electron chi connectivity index (χ0n) is 14.1. The van der Waals surface area contributed by atoms with Crippen molar-refractivity contribution in [3.63, 3.8) is 0 Å². The third kappa shape index (κ3) is 5.76. The van der Waals surface area contributed by atoms with Gasteiger partial charge in [0.2, 0.25) is 0 Å². The molecule has 0 aliphatic rings. The molecule has 128 valence electrons. The molecule has 0 aliphatic carbocycles. The van der Waals surface area contributed by atoms with Crippen molar-refractivity contribution < 1.29 is 9.47 Å². The van der Waals surface area contributed by atoms with Crippen LogP contribution in [0.25, 0.3) is 0 Å². The summed E-state index contributed by atoms with van der Waals surface area (Å²) in [5.41, 5.74) is 0. The largest absolute Gasteiger partial charge is 0.456 e. The first-order valence-electron chi connectivity index (χ1n) is 8.16. The molecule has 26 heavy (non-hydrogen) atoms. The van der Waals surface area contributed by atoms with Crippen LogP contribution >= 0.6 is 0 Å². The first kappa shape index (κ1) is 17.2. The molecule has 0 atom stereocenters. The monoisotopic (exact) mass is 342 g/mol. The Morgan fingerprint density at radius 2 is 0.808 bits per heavy atom. The molecule has 0 unspecified atom stereocenters. The highest BCUT2D eigenvalue weighted by molar-refractivity contribution is 5.29. The van der Waals surface area contributed by atoms with Crippen molar-refractivity contribution in [1.82, 2.24) is 9.97 Å². The Morgan fingerprint density at radius 1 is 0.423 bits per heavy atom. The number of pyridine rings is 2. The van der Waals surface area contributed by atoms with Crippen LogP contribution in [0.3, 0.4) is 0 Å². The van der Waals surface area contributed by atoms with Crippen molar-refractivity contribution in [2.45, 2.75) is 0 Å². The van der Waals surface area contributed by atoms with Crippen molar-refractivity contribution in [2.75, 3.05) is 0 Å². The van der Waals surface area contributed by atoms with Crippen molar-refractivity contribution in [2.24, 2.45) is 0 Å². The summed E-state index contributed by atoms with van der Waals surface area (Å²) >= 11 is 0. The number of nitrogens with zero attached hydrogens (tertiary/aromatic N) is 2. The van der Waals surface area contributed by atoms with Gasteiger partial charge in [0, 0.05) is 12.4 Å². The van der Waals surface area contributed by atoms with Crippen LogP contribution in [0.15, 0.2) is 110 Å².